The van der Waals surface area contributed by atoms with Gasteiger partial charge in [-0.05, 0) is 37.8 Å². The maximum Gasteiger partial charge on any atom is 0.317 e. The Hall–Kier alpha value is -2.21. The second-order valence-electron chi connectivity index (χ2n) is 7.95. The summed E-state index contributed by atoms with van der Waals surface area (Å²) in [6.45, 7) is 8.10. The minimum Gasteiger partial charge on any atom is -0.480 e. The number of carboxylic acid groups (broad SMARTS) is 1. The van der Waals surface area contributed by atoms with E-state index >= 15 is 0 Å². The predicted octanol–water partition coefficient (Wildman–Crippen LogP) is 2.64. The molecule has 1 aromatic carbocycles. The lowest BCUT2D eigenvalue weighted by Gasteiger charge is -2.30. The third kappa shape index (κ3) is 4.69. The van der Waals surface area contributed by atoms with Gasteiger partial charge in [-0.15, -0.1) is 0 Å². The Balaban J connectivity index is 2.23. The molecule has 0 aromatic heterocycles. The number of benzene rings is 1. The van der Waals surface area contributed by atoms with Crippen LogP contribution in [0.5, 0.6) is 0 Å². The minimum absolute atomic E-state index is 0.0741. The Bertz CT molecular complexity index is 697. The molecule has 142 valence electrons. The average molecular weight is 360 g/mol. The summed E-state index contributed by atoms with van der Waals surface area (Å²) in [6.07, 6.45) is 0.967. The first kappa shape index (κ1) is 20.1. The third-order valence-electron chi connectivity index (χ3n) is 4.64. The van der Waals surface area contributed by atoms with E-state index in [2.05, 4.69) is 19.2 Å². The van der Waals surface area contributed by atoms with Crippen LogP contribution in [0.2, 0.25) is 0 Å². The number of rotatable bonds is 9. The number of fused-ring (bicyclic) bond motifs is 1. The van der Waals surface area contributed by atoms with E-state index in [1.807, 2.05) is 18.2 Å². The highest BCUT2D eigenvalue weighted by Gasteiger charge is 2.41. The molecule has 1 aromatic rings. The van der Waals surface area contributed by atoms with E-state index in [1.165, 1.54) is 0 Å². The summed E-state index contributed by atoms with van der Waals surface area (Å²) in [7, 11) is 0. The molecular formula is C20H28N2O4. The van der Waals surface area contributed by atoms with Crippen LogP contribution < -0.4 is 5.32 Å². The normalized spacial score (nSPS) is 16.9. The van der Waals surface area contributed by atoms with Gasteiger partial charge >= 0.3 is 5.97 Å². The van der Waals surface area contributed by atoms with Crippen LogP contribution in [0.1, 0.15) is 62.5 Å². The van der Waals surface area contributed by atoms with E-state index in [-0.39, 0.29) is 24.7 Å². The fraction of sp³-hybridized carbons (Fsp3) is 0.550. The number of carbonyl (C=O) groups is 3. The van der Waals surface area contributed by atoms with E-state index in [0.29, 0.717) is 18.0 Å². The molecule has 0 spiro atoms. The van der Waals surface area contributed by atoms with Crippen LogP contribution in [0.25, 0.3) is 0 Å². The highest BCUT2D eigenvalue weighted by atomic mass is 16.4. The van der Waals surface area contributed by atoms with E-state index in [0.717, 1.165) is 12.0 Å². The van der Waals surface area contributed by atoms with Gasteiger partial charge in [-0.1, -0.05) is 32.0 Å². The van der Waals surface area contributed by atoms with Crippen LogP contribution in [0.3, 0.4) is 0 Å². The SMILES string of the molecule is CC(C)CCN1C(=O)c2ccccc2C1C(=O)CC(C)(C)NCC(=O)O. The lowest BCUT2D eigenvalue weighted by molar-refractivity contribution is -0.136. The summed E-state index contributed by atoms with van der Waals surface area (Å²) >= 11 is 0. The summed E-state index contributed by atoms with van der Waals surface area (Å²) < 4.78 is 0. The molecule has 0 radical (unpaired) electrons. The second kappa shape index (κ2) is 7.99. The molecule has 0 bridgehead atoms. The first-order chi connectivity index (χ1) is 12.1. The molecule has 6 heteroatoms. The fourth-order valence-electron chi connectivity index (χ4n) is 3.25. The Morgan fingerprint density at radius 1 is 1.27 bits per heavy atom. The largest absolute Gasteiger partial charge is 0.480 e. The summed E-state index contributed by atoms with van der Waals surface area (Å²) in [4.78, 5) is 38.3. The molecule has 6 nitrogen and oxygen atoms in total. The number of nitrogens with one attached hydrogen (secondary N) is 1. The molecule has 1 aliphatic heterocycles. The molecule has 0 fully saturated rings. The summed E-state index contributed by atoms with van der Waals surface area (Å²) in [5.74, 6) is -0.716. The van der Waals surface area contributed by atoms with Crippen molar-refractivity contribution in [1.29, 1.82) is 0 Å². The van der Waals surface area contributed by atoms with Crippen molar-refractivity contribution in [2.75, 3.05) is 13.1 Å². The zero-order valence-corrected chi connectivity index (χ0v) is 15.9. The third-order valence-corrected chi connectivity index (χ3v) is 4.64. The van der Waals surface area contributed by atoms with E-state index in [1.54, 1.807) is 24.8 Å². The first-order valence-electron chi connectivity index (χ1n) is 9.02. The topological polar surface area (TPSA) is 86.7 Å². The maximum atomic E-state index is 13.1. The molecule has 1 atom stereocenters. The van der Waals surface area contributed by atoms with E-state index in [4.69, 9.17) is 5.11 Å². The molecule has 1 unspecified atom stereocenters. The lowest BCUT2D eigenvalue weighted by atomic mass is 9.91. The molecular weight excluding hydrogens is 332 g/mol. The first-order valence-corrected chi connectivity index (χ1v) is 9.02. The molecule has 0 saturated carbocycles. The lowest BCUT2D eigenvalue weighted by Crippen LogP contribution is -2.45. The van der Waals surface area contributed by atoms with Crippen LogP contribution in [0, 0.1) is 5.92 Å². The van der Waals surface area contributed by atoms with Gasteiger partial charge < -0.3 is 15.3 Å². The van der Waals surface area contributed by atoms with Gasteiger partial charge in [0.15, 0.2) is 5.78 Å². The summed E-state index contributed by atoms with van der Waals surface area (Å²) in [6, 6.07) is 6.65. The average Bonchev–Trinajstić information content (AvgIpc) is 2.83. The zero-order chi connectivity index (χ0) is 19.5. The van der Waals surface area contributed by atoms with Crippen LogP contribution in [0.15, 0.2) is 24.3 Å². The van der Waals surface area contributed by atoms with Crippen molar-refractivity contribution in [3.05, 3.63) is 35.4 Å². The number of carboxylic acids is 1. The van der Waals surface area contributed by atoms with Gasteiger partial charge in [-0.3, -0.25) is 14.4 Å². The number of Topliss-reactive ketones (excluding diaryl/α,β-unsaturated/α-hetero) is 1. The van der Waals surface area contributed by atoms with Crippen LogP contribution >= 0.6 is 0 Å². The van der Waals surface area contributed by atoms with Gasteiger partial charge in [0.05, 0.1) is 6.54 Å². The van der Waals surface area contributed by atoms with Gasteiger partial charge in [0.2, 0.25) is 0 Å². The van der Waals surface area contributed by atoms with Crippen molar-refractivity contribution < 1.29 is 19.5 Å². The second-order valence-corrected chi connectivity index (χ2v) is 7.95. The molecule has 2 N–H and O–H groups in total. The van der Waals surface area contributed by atoms with Crippen LogP contribution in [-0.2, 0) is 9.59 Å². The van der Waals surface area contributed by atoms with Gasteiger partial charge in [0.25, 0.3) is 5.91 Å². The fourth-order valence-corrected chi connectivity index (χ4v) is 3.25. The highest BCUT2D eigenvalue weighted by Crippen LogP contribution is 2.36. The van der Waals surface area contributed by atoms with Crippen LogP contribution in [0.4, 0.5) is 0 Å². The number of hydrogen-bond acceptors (Lipinski definition) is 4. The molecule has 1 amide bonds. The number of aliphatic carboxylic acids is 1. The predicted molar refractivity (Wildman–Crippen MR) is 99.0 cm³/mol. The van der Waals surface area contributed by atoms with E-state index < -0.39 is 17.6 Å². The van der Waals surface area contributed by atoms with Crippen molar-refractivity contribution in [3.63, 3.8) is 0 Å². The smallest absolute Gasteiger partial charge is 0.317 e. The summed E-state index contributed by atoms with van der Waals surface area (Å²) in [5.41, 5.74) is 0.672. The number of nitrogens with zero attached hydrogens (tertiary/aromatic N) is 1. The Kier molecular flexibility index (Phi) is 6.18. The van der Waals surface area contributed by atoms with E-state index in [9.17, 15) is 14.4 Å². The van der Waals surface area contributed by atoms with Gasteiger partial charge in [0, 0.05) is 24.1 Å². The van der Waals surface area contributed by atoms with Crippen molar-refractivity contribution in [2.45, 2.75) is 52.1 Å². The van der Waals surface area contributed by atoms with Gasteiger partial charge in [-0.25, -0.2) is 0 Å². The Morgan fingerprint density at radius 3 is 2.54 bits per heavy atom. The standard InChI is InChI=1S/C20H28N2O4/c1-13(2)9-10-22-18(14-7-5-6-8-15(14)19(22)26)16(23)11-20(3,4)21-12-17(24)25/h5-8,13,18,21H,9-12H2,1-4H3,(H,24,25). The molecule has 1 aliphatic rings. The molecule has 2 rings (SSSR count). The minimum atomic E-state index is -0.967. The molecule has 26 heavy (non-hydrogen) atoms. The number of ketones is 1. The molecule has 0 saturated heterocycles. The van der Waals surface area contributed by atoms with Crippen molar-refractivity contribution in [1.82, 2.24) is 10.2 Å². The quantitative estimate of drug-likeness (QED) is 0.707. The highest BCUT2D eigenvalue weighted by molar-refractivity contribution is 6.05. The number of carbonyl (C=O) groups excluding carboxylic acids is 2. The van der Waals surface area contributed by atoms with Crippen LogP contribution in [-0.4, -0.2) is 46.3 Å². The zero-order valence-electron chi connectivity index (χ0n) is 15.9. The number of amides is 1. The maximum absolute atomic E-state index is 13.1. The Morgan fingerprint density at radius 2 is 1.92 bits per heavy atom. The van der Waals surface area contributed by atoms with Gasteiger partial charge in [0.1, 0.15) is 6.04 Å². The van der Waals surface area contributed by atoms with Crippen molar-refractivity contribution in [2.24, 2.45) is 5.92 Å². The summed E-state index contributed by atoms with van der Waals surface area (Å²) in [5, 5.41) is 11.7. The molecule has 1 heterocycles. The van der Waals surface area contributed by atoms with Gasteiger partial charge in [-0.2, -0.15) is 0 Å². The Labute approximate surface area is 154 Å². The van der Waals surface area contributed by atoms with Crippen molar-refractivity contribution in [3.8, 4) is 0 Å². The molecule has 0 aliphatic carbocycles. The van der Waals surface area contributed by atoms with Crippen molar-refractivity contribution >= 4 is 17.7 Å². The number of hydrogen-bond donors (Lipinski definition) is 2. The monoisotopic (exact) mass is 360 g/mol.